The van der Waals surface area contributed by atoms with Gasteiger partial charge in [-0.2, -0.15) is 4.98 Å². The first-order valence-corrected chi connectivity index (χ1v) is 7.45. The third-order valence-electron chi connectivity index (χ3n) is 2.60. The van der Waals surface area contributed by atoms with E-state index in [1.807, 2.05) is 27.8 Å². The number of hydrogen-bond donors (Lipinski definition) is 0. The summed E-state index contributed by atoms with van der Waals surface area (Å²) in [4.78, 5) is 6.40. The van der Waals surface area contributed by atoms with E-state index < -0.39 is 10.8 Å². The zero-order valence-corrected chi connectivity index (χ0v) is 12.0. The SMILES string of the molecule is CC(C)c1nc(CN(C)[C@H](C)C[S@](C)=O)no1. The molecule has 1 heterocycles. The summed E-state index contributed by atoms with van der Waals surface area (Å²) < 4.78 is 16.3. The first-order chi connectivity index (χ1) is 7.90. The average molecular weight is 259 g/mol. The molecule has 0 fully saturated rings. The quantitative estimate of drug-likeness (QED) is 0.772. The van der Waals surface area contributed by atoms with E-state index in [9.17, 15) is 4.21 Å². The summed E-state index contributed by atoms with van der Waals surface area (Å²) in [5, 5.41) is 3.94. The van der Waals surface area contributed by atoms with Crippen LogP contribution in [0.1, 0.15) is 38.4 Å². The molecule has 98 valence electrons. The van der Waals surface area contributed by atoms with Crippen molar-refractivity contribution in [2.24, 2.45) is 0 Å². The van der Waals surface area contributed by atoms with Crippen molar-refractivity contribution in [3.05, 3.63) is 11.7 Å². The summed E-state index contributed by atoms with van der Waals surface area (Å²) in [6.45, 7) is 6.70. The highest BCUT2D eigenvalue weighted by molar-refractivity contribution is 7.84. The monoisotopic (exact) mass is 259 g/mol. The Morgan fingerprint density at radius 3 is 2.53 bits per heavy atom. The fourth-order valence-electron chi connectivity index (χ4n) is 1.41. The lowest BCUT2D eigenvalue weighted by molar-refractivity contribution is 0.256. The number of rotatable bonds is 6. The summed E-state index contributed by atoms with van der Waals surface area (Å²) in [7, 11) is 1.19. The standard InChI is InChI=1S/C11H21N3O2S/c1-8(2)11-12-10(13-16-11)6-14(4)9(3)7-17(5)15/h8-9H,6-7H2,1-5H3/t9-,17+/m1/s1. The maximum Gasteiger partial charge on any atom is 0.229 e. The van der Waals surface area contributed by atoms with Crippen LogP contribution in [0, 0.1) is 0 Å². The number of nitrogens with zero attached hydrogens (tertiary/aromatic N) is 3. The Morgan fingerprint density at radius 2 is 2.06 bits per heavy atom. The molecule has 0 aliphatic rings. The Bertz CT molecular complexity index is 379. The Kier molecular flexibility index (Phi) is 5.27. The van der Waals surface area contributed by atoms with Gasteiger partial charge < -0.3 is 4.52 Å². The maximum atomic E-state index is 11.1. The van der Waals surface area contributed by atoms with Crippen molar-refractivity contribution >= 4 is 10.8 Å². The van der Waals surface area contributed by atoms with Gasteiger partial charge in [0.05, 0.1) is 6.54 Å². The van der Waals surface area contributed by atoms with Crippen molar-refractivity contribution in [3.63, 3.8) is 0 Å². The van der Waals surface area contributed by atoms with Gasteiger partial charge in [-0.05, 0) is 14.0 Å². The maximum absolute atomic E-state index is 11.1. The fourth-order valence-corrected chi connectivity index (χ4v) is 2.35. The van der Waals surface area contributed by atoms with Gasteiger partial charge in [0.2, 0.25) is 5.89 Å². The molecule has 0 radical (unpaired) electrons. The lowest BCUT2D eigenvalue weighted by atomic mass is 10.2. The number of aromatic nitrogens is 2. The Labute approximate surface area is 105 Å². The summed E-state index contributed by atoms with van der Waals surface area (Å²) in [5.41, 5.74) is 0. The van der Waals surface area contributed by atoms with E-state index in [-0.39, 0.29) is 12.0 Å². The zero-order chi connectivity index (χ0) is 13.0. The van der Waals surface area contributed by atoms with Gasteiger partial charge in [0.15, 0.2) is 5.82 Å². The molecular weight excluding hydrogens is 238 g/mol. The smallest absolute Gasteiger partial charge is 0.229 e. The largest absolute Gasteiger partial charge is 0.339 e. The van der Waals surface area contributed by atoms with Crippen molar-refractivity contribution in [1.29, 1.82) is 0 Å². The minimum atomic E-state index is -0.782. The first kappa shape index (κ1) is 14.3. The van der Waals surface area contributed by atoms with Crippen LogP contribution in [-0.4, -0.2) is 44.3 Å². The van der Waals surface area contributed by atoms with Gasteiger partial charge in [0, 0.05) is 34.8 Å². The number of hydrogen-bond acceptors (Lipinski definition) is 5. The highest BCUT2D eigenvalue weighted by atomic mass is 32.2. The van der Waals surface area contributed by atoms with Crippen LogP contribution < -0.4 is 0 Å². The van der Waals surface area contributed by atoms with E-state index in [4.69, 9.17) is 4.52 Å². The molecule has 1 aromatic heterocycles. The van der Waals surface area contributed by atoms with Gasteiger partial charge in [0.1, 0.15) is 0 Å². The first-order valence-electron chi connectivity index (χ1n) is 5.73. The third-order valence-corrected chi connectivity index (χ3v) is 3.55. The molecule has 6 heteroatoms. The van der Waals surface area contributed by atoms with Crippen molar-refractivity contribution < 1.29 is 8.73 Å². The Hall–Kier alpha value is -0.750. The van der Waals surface area contributed by atoms with Gasteiger partial charge >= 0.3 is 0 Å². The molecule has 0 saturated heterocycles. The van der Waals surface area contributed by atoms with Crippen LogP contribution >= 0.6 is 0 Å². The van der Waals surface area contributed by atoms with E-state index >= 15 is 0 Å². The molecule has 0 N–H and O–H groups in total. The van der Waals surface area contributed by atoms with Crippen molar-refractivity contribution in [2.45, 2.75) is 39.3 Å². The topological polar surface area (TPSA) is 59.2 Å². The molecule has 1 aromatic rings. The second-order valence-electron chi connectivity index (χ2n) is 4.71. The molecule has 0 unspecified atom stereocenters. The molecule has 0 aliphatic heterocycles. The van der Waals surface area contributed by atoms with Crippen molar-refractivity contribution in [3.8, 4) is 0 Å². The summed E-state index contributed by atoms with van der Waals surface area (Å²) in [5.74, 6) is 2.26. The summed E-state index contributed by atoms with van der Waals surface area (Å²) >= 11 is 0. The Balaban J connectivity index is 2.55. The second kappa shape index (κ2) is 6.26. The predicted octanol–water partition coefficient (Wildman–Crippen LogP) is 1.39. The van der Waals surface area contributed by atoms with E-state index in [1.54, 1.807) is 6.26 Å². The van der Waals surface area contributed by atoms with E-state index in [1.165, 1.54) is 0 Å². The van der Waals surface area contributed by atoms with Crippen LogP contribution in [0.25, 0.3) is 0 Å². The van der Waals surface area contributed by atoms with Crippen LogP contribution in [0.2, 0.25) is 0 Å². The molecule has 1 rings (SSSR count). The third kappa shape index (κ3) is 4.55. The zero-order valence-electron chi connectivity index (χ0n) is 11.1. The molecule has 0 aromatic carbocycles. The Morgan fingerprint density at radius 1 is 1.41 bits per heavy atom. The van der Waals surface area contributed by atoms with Gasteiger partial charge in [-0.25, -0.2) is 0 Å². The molecule has 5 nitrogen and oxygen atoms in total. The average Bonchev–Trinajstić information content (AvgIpc) is 2.65. The molecule has 17 heavy (non-hydrogen) atoms. The summed E-state index contributed by atoms with van der Waals surface area (Å²) in [6, 6.07) is 0.238. The molecule has 0 saturated carbocycles. The molecule has 0 bridgehead atoms. The van der Waals surface area contributed by atoms with Gasteiger partial charge in [-0.15, -0.1) is 0 Å². The van der Waals surface area contributed by atoms with E-state index in [0.29, 0.717) is 24.0 Å². The van der Waals surface area contributed by atoms with Crippen LogP contribution in [0.3, 0.4) is 0 Å². The second-order valence-corrected chi connectivity index (χ2v) is 6.19. The van der Waals surface area contributed by atoms with Crippen LogP contribution in [0.5, 0.6) is 0 Å². The van der Waals surface area contributed by atoms with E-state index in [0.717, 1.165) is 0 Å². The highest BCUT2D eigenvalue weighted by Crippen LogP contribution is 2.12. The highest BCUT2D eigenvalue weighted by Gasteiger charge is 2.15. The van der Waals surface area contributed by atoms with E-state index in [2.05, 4.69) is 15.0 Å². The van der Waals surface area contributed by atoms with Gasteiger partial charge in [0.25, 0.3) is 0 Å². The molecular formula is C11H21N3O2S. The molecule has 0 amide bonds. The summed E-state index contributed by atoms with van der Waals surface area (Å²) in [6.07, 6.45) is 1.72. The van der Waals surface area contributed by atoms with Crippen molar-refractivity contribution in [1.82, 2.24) is 15.0 Å². The predicted molar refractivity (Wildman–Crippen MR) is 68.2 cm³/mol. The normalized spacial score (nSPS) is 15.5. The molecule has 0 aliphatic carbocycles. The van der Waals surface area contributed by atoms with Gasteiger partial charge in [-0.3, -0.25) is 9.11 Å². The molecule has 2 atom stereocenters. The van der Waals surface area contributed by atoms with Gasteiger partial charge in [-0.1, -0.05) is 19.0 Å². The van der Waals surface area contributed by atoms with Crippen LogP contribution in [-0.2, 0) is 17.3 Å². The lowest BCUT2D eigenvalue weighted by Gasteiger charge is -2.21. The van der Waals surface area contributed by atoms with Crippen LogP contribution in [0.4, 0.5) is 0 Å². The minimum absolute atomic E-state index is 0.238. The lowest BCUT2D eigenvalue weighted by Crippen LogP contribution is -2.33. The molecule has 0 spiro atoms. The van der Waals surface area contributed by atoms with Crippen molar-refractivity contribution in [2.75, 3.05) is 19.1 Å². The van der Waals surface area contributed by atoms with Crippen LogP contribution in [0.15, 0.2) is 4.52 Å². The minimum Gasteiger partial charge on any atom is -0.339 e. The fraction of sp³-hybridized carbons (Fsp3) is 0.818.